The van der Waals surface area contributed by atoms with Crippen LogP contribution in [0.3, 0.4) is 0 Å². The largest absolute Gasteiger partial charge is 0.352 e. The highest BCUT2D eigenvalue weighted by molar-refractivity contribution is 7.92. The molecule has 1 aliphatic carbocycles. The number of carbonyl (C=O) groups excluding carboxylic acids is 2. The summed E-state index contributed by atoms with van der Waals surface area (Å²) in [4.78, 5) is 29.0. The highest BCUT2D eigenvalue weighted by Gasteiger charge is 2.34. The molecule has 218 valence electrons. The Kier molecular flexibility index (Phi) is 10.3. The molecule has 3 aromatic carbocycles. The highest BCUT2D eigenvalue weighted by atomic mass is 35.5. The average molecular weight is 617 g/mol. The lowest BCUT2D eigenvalue weighted by Gasteiger charge is -2.33. The number of sulfonamides is 1. The number of benzene rings is 3. The molecule has 0 unspecified atom stereocenters. The Morgan fingerprint density at radius 3 is 2.27 bits per heavy atom. The van der Waals surface area contributed by atoms with Gasteiger partial charge >= 0.3 is 0 Å². The molecule has 0 bridgehead atoms. The summed E-state index contributed by atoms with van der Waals surface area (Å²) in [7, 11) is -4.23. The maximum absolute atomic E-state index is 14.1. The molecule has 4 rings (SSSR count). The molecule has 41 heavy (non-hydrogen) atoms. The number of rotatable bonds is 10. The molecule has 0 aliphatic heterocycles. The lowest BCUT2D eigenvalue weighted by atomic mass is 9.95. The summed E-state index contributed by atoms with van der Waals surface area (Å²) >= 11 is 12.8. The van der Waals surface area contributed by atoms with Crippen LogP contribution in [-0.4, -0.2) is 43.8 Å². The van der Waals surface area contributed by atoms with E-state index in [1.165, 1.54) is 23.1 Å². The van der Waals surface area contributed by atoms with Crippen molar-refractivity contribution in [3.8, 4) is 0 Å². The van der Waals surface area contributed by atoms with E-state index >= 15 is 0 Å². The van der Waals surface area contributed by atoms with Crippen LogP contribution in [0.25, 0.3) is 0 Å². The maximum Gasteiger partial charge on any atom is 0.264 e. The summed E-state index contributed by atoms with van der Waals surface area (Å²) in [6.07, 6.45) is 5.06. The van der Waals surface area contributed by atoms with E-state index in [0.717, 1.165) is 47.5 Å². The minimum atomic E-state index is -4.23. The van der Waals surface area contributed by atoms with Crippen molar-refractivity contribution in [1.29, 1.82) is 0 Å². The minimum absolute atomic E-state index is 0.00242. The Bertz CT molecular complexity index is 1480. The quantitative estimate of drug-likeness (QED) is 0.287. The second kappa shape index (κ2) is 13.7. The topological polar surface area (TPSA) is 86.8 Å². The monoisotopic (exact) mass is 615 g/mol. The number of hydrogen-bond acceptors (Lipinski definition) is 4. The van der Waals surface area contributed by atoms with Crippen LogP contribution in [-0.2, 0) is 26.2 Å². The molecule has 7 nitrogen and oxygen atoms in total. The van der Waals surface area contributed by atoms with Crippen molar-refractivity contribution in [3.05, 3.63) is 94.0 Å². The van der Waals surface area contributed by atoms with Gasteiger partial charge in [-0.3, -0.25) is 13.9 Å². The molecule has 10 heteroatoms. The number of nitrogens with one attached hydrogen (secondary N) is 1. The first-order valence-corrected chi connectivity index (χ1v) is 16.0. The van der Waals surface area contributed by atoms with Gasteiger partial charge in [-0.25, -0.2) is 8.42 Å². The van der Waals surface area contributed by atoms with Crippen LogP contribution in [0.5, 0.6) is 0 Å². The first kappa shape index (κ1) is 30.9. The standard InChI is InChI=1S/C31H35Cl2N3O4S/c1-22-12-9-10-13-24(22)20-35(23(2)31(38)34-25-14-5-3-6-15-25)29(37)21-36(28-19-11-18-27(32)30(28)33)41(39,40)26-16-7-4-8-17-26/h4,7-13,16-19,23,25H,3,5-6,14-15,20-21H2,1-2H3,(H,34,38)/t23-/m0/s1. The van der Waals surface area contributed by atoms with E-state index in [4.69, 9.17) is 23.2 Å². The molecule has 1 saturated carbocycles. The third kappa shape index (κ3) is 7.42. The number of halogens is 2. The zero-order valence-corrected chi connectivity index (χ0v) is 25.6. The summed E-state index contributed by atoms with van der Waals surface area (Å²) in [5.74, 6) is -0.813. The van der Waals surface area contributed by atoms with Crippen LogP contribution < -0.4 is 9.62 Å². The van der Waals surface area contributed by atoms with Crippen molar-refractivity contribution < 1.29 is 18.0 Å². The van der Waals surface area contributed by atoms with Gasteiger partial charge in [0.05, 0.1) is 20.6 Å². The second-order valence-corrected chi connectivity index (χ2v) is 13.0. The Hall–Kier alpha value is -3.07. The molecule has 1 aliphatic rings. The summed E-state index contributed by atoms with van der Waals surface area (Å²) in [6, 6.07) is 19.3. The number of nitrogens with zero attached hydrogens (tertiary/aromatic N) is 2. The zero-order chi connectivity index (χ0) is 29.6. The molecule has 1 fully saturated rings. The Morgan fingerprint density at radius 2 is 1.59 bits per heavy atom. The second-order valence-electron chi connectivity index (χ2n) is 10.4. The van der Waals surface area contributed by atoms with Crippen molar-refractivity contribution in [1.82, 2.24) is 10.2 Å². The molecule has 0 heterocycles. The molecule has 0 saturated heterocycles. The maximum atomic E-state index is 14.1. The van der Waals surface area contributed by atoms with Crippen LogP contribution in [0.15, 0.2) is 77.7 Å². The Balaban J connectivity index is 1.71. The predicted molar refractivity (Wildman–Crippen MR) is 164 cm³/mol. The van der Waals surface area contributed by atoms with Crippen LogP contribution >= 0.6 is 23.2 Å². The molecule has 0 spiro atoms. The zero-order valence-electron chi connectivity index (χ0n) is 23.2. The fraction of sp³-hybridized carbons (Fsp3) is 0.355. The molecule has 2 amide bonds. The molecular formula is C31H35Cl2N3O4S. The molecule has 1 atom stereocenters. The predicted octanol–water partition coefficient (Wildman–Crippen LogP) is 6.36. The van der Waals surface area contributed by atoms with Gasteiger partial charge in [0.25, 0.3) is 10.0 Å². The number of anilines is 1. The van der Waals surface area contributed by atoms with E-state index in [9.17, 15) is 18.0 Å². The summed E-state index contributed by atoms with van der Waals surface area (Å²) in [5, 5.41) is 3.27. The van der Waals surface area contributed by atoms with E-state index in [1.54, 1.807) is 37.3 Å². The third-order valence-electron chi connectivity index (χ3n) is 7.53. The molecular weight excluding hydrogens is 581 g/mol. The fourth-order valence-corrected chi connectivity index (χ4v) is 6.94. The van der Waals surface area contributed by atoms with Crippen LogP contribution in [0.1, 0.15) is 50.2 Å². The first-order chi connectivity index (χ1) is 19.6. The third-order valence-corrected chi connectivity index (χ3v) is 10.1. The average Bonchev–Trinajstić information content (AvgIpc) is 2.97. The van der Waals surface area contributed by atoms with Crippen molar-refractivity contribution in [2.24, 2.45) is 0 Å². The van der Waals surface area contributed by atoms with E-state index in [0.29, 0.717) is 0 Å². The number of hydrogen-bond donors (Lipinski definition) is 1. The molecule has 3 aromatic rings. The van der Waals surface area contributed by atoms with Crippen LogP contribution in [0.2, 0.25) is 10.0 Å². The van der Waals surface area contributed by atoms with Gasteiger partial charge in [0.15, 0.2) is 0 Å². The summed E-state index contributed by atoms with van der Waals surface area (Å²) in [6.45, 7) is 3.16. The van der Waals surface area contributed by atoms with Gasteiger partial charge in [-0.2, -0.15) is 0 Å². The molecule has 1 N–H and O–H groups in total. The minimum Gasteiger partial charge on any atom is -0.352 e. The van der Waals surface area contributed by atoms with Crippen molar-refractivity contribution in [3.63, 3.8) is 0 Å². The van der Waals surface area contributed by atoms with Crippen molar-refractivity contribution >= 4 is 50.7 Å². The summed E-state index contributed by atoms with van der Waals surface area (Å²) < 4.78 is 28.8. The van der Waals surface area contributed by atoms with Crippen LogP contribution in [0.4, 0.5) is 5.69 Å². The van der Waals surface area contributed by atoms with E-state index in [2.05, 4.69) is 5.32 Å². The van der Waals surface area contributed by atoms with Gasteiger partial charge in [-0.15, -0.1) is 0 Å². The van der Waals surface area contributed by atoms with Crippen molar-refractivity contribution in [2.75, 3.05) is 10.8 Å². The Labute approximate surface area is 252 Å². The molecule has 0 radical (unpaired) electrons. The normalized spacial score (nSPS) is 14.7. The van der Waals surface area contributed by atoms with E-state index in [1.807, 2.05) is 31.2 Å². The van der Waals surface area contributed by atoms with E-state index < -0.39 is 28.5 Å². The number of aryl methyl sites for hydroxylation is 1. The number of carbonyl (C=O) groups is 2. The first-order valence-electron chi connectivity index (χ1n) is 13.8. The van der Waals surface area contributed by atoms with Crippen LogP contribution in [0, 0.1) is 6.92 Å². The van der Waals surface area contributed by atoms with E-state index in [-0.39, 0.29) is 39.1 Å². The SMILES string of the molecule is Cc1ccccc1CN(C(=O)CN(c1cccc(Cl)c1Cl)S(=O)(=O)c1ccccc1)[C@@H](C)C(=O)NC1CCCCC1. The lowest BCUT2D eigenvalue weighted by Crippen LogP contribution is -2.53. The van der Waals surface area contributed by atoms with Gasteiger partial charge in [0.1, 0.15) is 12.6 Å². The number of amides is 2. The van der Waals surface area contributed by atoms with Gasteiger partial charge in [0, 0.05) is 12.6 Å². The smallest absolute Gasteiger partial charge is 0.264 e. The van der Waals surface area contributed by atoms with Gasteiger partial charge in [-0.1, -0.05) is 91.0 Å². The Morgan fingerprint density at radius 1 is 0.927 bits per heavy atom. The van der Waals surface area contributed by atoms with Crippen molar-refractivity contribution in [2.45, 2.75) is 69.5 Å². The van der Waals surface area contributed by atoms with Gasteiger partial charge in [-0.05, 0) is 62.1 Å². The molecule has 0 aromatic heterocycles. The van der Waals surface area contributed by atoms with Gasteiger partial charge < -0.3 is 10.2 Å². The fourth-order valence-electron chi connectivity index (χ4n) is 5.04. The highest BCUT2D eigenvalue weighted by Crippen LogP contribution is 2.35. The summed E-state index contributed by atoms with van der Waals surface area (Å²) in [5.41, 5.74) is 1.89. The lowest BCUT2D eigenvalue weighted by molar-refractivity contribution is -0.139. The van der Waals surface area contributed by atoms with Gasteiger partial charge in [0.2, 0.25) is 11.8 Å².